The van der Waals surface area contributed by atoms with Crippen LogP contribution >= 0.6 is 35.0 Å². The first kappa shape index (κ1) is 21.4. The van der Waals surface area contributed by atoms with Crippen molar-refractivity contribution in [3.05, 3.63) is 52.0 Å². The van der Waals surface area contributed by atoms with Gasteiger partial charge in [0.05, 0.1) is 23.1 Å². The standard InChI is InChI=1S/C19H20Cl2N2O3S/c1-11-8-13(20)4-6-16(11)23-18(24)10-27-12(2)19(25)22-14-5-7-17(26-3)15(21)9-14/h4-9,12H,10H2,1-3H3,(H,22,25)(H,23,24). The van der Waals surface area contributed by atoms with Crippen LogP contribution in [0.2, 0.25) is 10.0 Å². The van der Waals surface area contributed by atoms with Crippen molar-refractivity contribution >= 4 is 58.2 Å². The zero-order valence-corrected chi connectivity index (χ0v) is 17.5. The fraction of sp³-hybridized carbons (Fsp3) is 0.263. The number of carbonyl (C=O) groups excluding carboxylic acids is 2. The van der Waals surface area contributed by atoms with Crippen molar-refractivity contribution in [2.45, 2.75) is 19.1 Å². The van der Waals surface area contributed by atoms with Crippen LogP contribution in [-0.2, 0) is 9.59 Å². The van der Waals surface area contributed by atoms with Gasteiger partial charge in [-0.3, -0.25) is 9.59 Å². The molecule has 0 bridgehead atoms. The normalized spacial score (nSPS) is 11.6. The summed E-state index contributed by atoms with van der Waals surface area (Å²) in [5, 5.41) is 6.21. The summed E-state index contributed by atoms with van der Waals surface area (Å²) in [4.78, 5) is 24.4. The van der Waals surface area contributed by atoms with Gasteiger partial charge in [-0.05, 0) is 55.8 Å². The molecule has 0 spiro atoms. The van der Waals surface area contributed by atoms with E-state index in [4.69, 9.17) is 27.9 Å². The number of rotatable bonds is 7. The molecule has 1 atom stereocenters. The largest absolute Gasteiger partial charge is 0.495 e. The fourth-order valence-corrected chi connectivity index (χ4v) is 3.39. The Bertz CT molecular complexity index is 846. The molecule has 144 valence electrons. The number of hydrogen-bond acceptors (Lipinski definition) is 4. The van der Waals surface area contributed by atoms with Crippen molar-refractivity contribution < 1.29 is 14.3 Å². The molecule has 0 aromatic heterocycles. The quantitative estimate of drug-likeness (QED) is 0.652. The van der Waals surface area contributed by atoms with Crippen molar-refractivity contribution in [3.8, 4) is 5.75 Å². The van der Waals surface area contributed by atoms with Crippen LogP contribution in [0.1, 0.15) is 12.5 Å². The van der Waals surface area contributed by atoms with E-state index < -0.39 is 5.25 Å². The van der Waals surface area contributed by atoms with Crippen molar-refractivity contribution in [1.82, 2.24) is 0 Å². The molecule has 5 nitrogen and oxygen atoms in total. The third kappa shape index (κ3) is 6.34. The van der Waals surface area contributed by atoms with Gasteiger partial charge in [0, 0.05) is 16.4 Å². The smallest absolute Gasteiger partial charge is 0.237 e. The Morgan fingerprint density at radius 3 is 2.52 bits per heavy atom. The van der Waals surface area contributed by atoms with Crippen LogP contribution in [0.4, 0.5) is 11.4 Å². The summed E-state index contributed by atoms with van der Waals surface area (Å²) in [7, 11) is 1.52. The molecule has 2 aromatic rings. The number of carbonyl (C=O) groups is 2. The van der Waals surface area contributed by atoms with Crippen LogP contribution in [-0.4, -0.2) is 29.9 Å². The second-order valence-electron chi connectivity index (χ2n) is 5.80. The maximum absolute atomic E-state index is 12.3. The molecular formula is C19H20Cl2N2O3S. The minimum Gasteiger partial charge on any atom is -0.495 e. The zero-order chi connectivity index (χ0) is 20.0. The van der Waals surface area contributed by atoms with E-state index >= 15 is 0 Å². The number of halogens is 2. The van der Waals surface area contributed by atoms with Crippen LogP contribution in [0.3, 0.4) is 0 Å². The van der Waals surface area contributed by atoms with Gasteiger partial charge in [0.15, 0.2) is 0 Å². The molecule has 0 saturated carbocycles. The van der Waals surface area contributed by atoms with E-state index in [9.17, 15) is 9.59 Å². The van der Waals surface area contributed by atoms with Crippen LogP contribution in [0.15, 0.2) is 36.4 Å². The van der Waals surface area contributed by atoms with E-state index in [1.807, 2.05) is 6.92 Å². The average Bonchev–Trinajstić information content (AvgIpc) is 2.62. The lowest BCUT2D eigenvalue weighted by molar-refractivity contribution is -0.115. The summed E-state index contributed by atoms with van der Waals surface area (Å²) in [6, 6.07) is 10.2. The lowest BCUT2D eigenvalue weighted by Gasteiger charge is -2.13. The van der Waals surface area contributed by atoms with Gasteiger partial charge in [-0.15, -0.1) is 11.8 Å². The molecule has 0 saturated heterocycles. The maximum Gasteiger partial charge on any atom is 0.237 e. The monoisotopic (exact) mass is 426 g/mol. The van der Waals surface area contributed by atoms with Crippen LogP contribution in [0.25, 0.3) is 0 Å². The Labute approximate surface area is 172 Å². The Kier molecular flexibility index (Phi) is 7.83. The minimum absolute atomic E-state index is 0.153. The van der Waals surface area contributed by atoms with Crippen LogP contribution in [0, 0.1) is 6.92 Å². The van der Waals surface area contributed by atoms with E-state index in [0.29, 0.717) is 27.2 Å². The first-order chi connectivity index (χ1) is 12.8. The number of aryl methyl sites for hydroxylation is 1. The van der Waals surface area contributed by atoms with Crippen LogP contribution < -0.4 is 15.4 Å². The highest BCUT2D eigenvalue weighted by Gasteiger charge is 2.16. The molecule has 2 rings (SSSR count). The van der Waals surface area contributed by atoms with Crippen molar-refractivity contribution in [3.63, 3.8) is 0 Å². The molecule has 0 heterocycles. The van der Waals surface area contributed by atoms with Gasteiger partial charge >= 0.3 is 0 Å². The second kappa shape index (κ2) is 9.88. The third-order valence-electron chi connectivity index (χ3n) is 3.72. The molecule has 2 N–H and O–H groups in total. The molecule has 27 heavy (non-hydrogen) atoms. The first-order valence-electron chi connectivity index (χ1n) is 8.12. The van der Waals surface area contributed by atoms with Crippen molar-refractivity contribution in [2.24, 2.45) is 0 Å². The second-order valence-corrected chi connectivity index (χ2v) is 7.97. The van der Waals surface area contributed by atoms with E-state index in [1.165, 1.54) is 18.9 Å². The summed E-state index contributed by atoms with van der Waals surface area (Å²) >= 11 is 13.2. The molecule has 2 amide bonds. The number of ether oxygens (including phenoxy) is 1. The molecular weight excluding hydrogens is 407 g/mol. The van der Waals surface area contributed by atoms with Gasteiger partial charge in [0.1, 0.15) is 5.75 Å². The summed E-state index contributed by atoms with van der Waals surface area (Å²) < 4.78 is 5.08. The minimum atomic E-state index is -0.414. The van der Waals surface area contributed by atoms with Gasteiger partial charge < -0.3 is 15.4 Å². The van der Waals surface area contributed by atoms with Crippen molar-refractivity contribution in [2.75, 3.05) is 23.5 Å². The first-order valence-corrected chi connectivity index (χ1v) is 9.92. The van der Waals surface area contributed by atoms with Crippen LogP contribution in [0.5, 0.6) is 5.75 Å². The molecule has 8 heteroatoms. The predicted octanol–water partition coefficient (Wildman–Crippen LogP) is 5.01. The van der Waals surface area contributed by atoms with E-state index in [0.717, 1.165) is 5.56 Å². The van der Waals surface area contributed by atoms with Gasteiger partial charge in [0.25, 0.3) is 0 Å². The van der Waals surface area contributed by atoms with Gasteiger partial charge in [0.2, 0.25) is 11.8 Å². The molecule has 1 unspecified atom stereocenters. The van der Waals surface area contributed by atoms with E-state index in [2.05, 4.69) is 10.6 Å². The van der Waals surface area contributed by atoms with Gasteiger partial charge in [-0.1, -0.05) is 23.2 Å². The van der Waals surface area contributed by atoms with E-state index in [-0.39, 0.29) is 17.6 Å². The molecule has 0 radical (unpaired) electrons. The number of nitrogens with one attached hydrogen (secondary N) is 2. The Morgan fingerprint density at radius 2 is 1.89 bits per heavy atom. The number of amides is 2. The number of methoxy groups -OCH3 is 1. The summed E-state index contributed by atoms with van der Waals surface area (Å²) in [5.41, 5.74) is 2.15. The molecule has 0 aliphatic carbocycles. The number of hydrogen-bond donors (Lipinski definition) is 2. The van der Waals surface area contributed by atoms with Gasteiger partial charge in [-0.2, -0.15) is 0 Å². The SMILES string of the molecule is COc1ccc(NC(=O)C(C)SCC(=O)Nc2ccc(Cl)cc2C)cc1Cl. The maximum atomic E-state index is 12.3. The Morgan fingerprint density at radius 1 is 1.15 bits per heavy atom. The number of anilines is 2. The summed E-state index contributed by atoms with van der Waals surface area (Å²) in [6.45, 7) is 3.61. The lowest BCUT2D eigenvalue weighted by Crippen LogP contribution is -2.25. The summed E-state index contributed by atoms with van der Waals surface area (Å²) in [5.74, 6) is 0.292. The Balaban J connectivity index is 1.85. The Hall–Kier alpha value is -1.89. The highest BCUT2D eigenvalue weighted by atomic mass is 35.5. The highest BCUT2D eigenvalue weighted by molar-refractivity contribution is 8.01. The number of thioether (sulfide) groups is 1. The third-order valence-corrected chi connectivity index (χ3v) is 5.39. The predicted molar refractivity (Wildman–Crippen MR) is 113 cm³/mol. The number of benzene rings is 2. The molecule has 0 fully saturated rings. The summed E-state index contributed by atoms with van der Waals surface area (Å²) in [6.07, 6.45) is 0. The van der Waals surface area contributed by atoms with E-state index in [1.54, 1.807) is 43.3 Å². The van der Waals surface area contributed by atoms with Crippen molar-refractivity contribution in [1.29, 1.82) is 0 Å². The average molecular weight is 427 g/mol. The highest BCUT2D eigenvalue weighted by Crippen LogP contribution is 2.27. The van der Waals surface area contributed by atoms with Gasteiger partial charge in [-0.25, -0.2) is 0 Å². The lowest BCUT2D eigenvalue weighted by atomic mass is 10.2. The molecule has 2 aromatic carbocycles. The fourth-order valence-electron chi connectivity index (χ4n) is 2.22. The molecule has 0 aliphatic rings. The molecule has 0 aliphatic heterocycles. The zero-order valence-electron chi connectivity index (χ0n) is 15.1. The topological polar surface area (TPSA) is 67.4 Å².